The van der Waals surface area contributed by atoms with Crippen LogP contribution in [0.1, 0.15) is 25.3 Å². The molecule has 0 spiro atoms. The zero-order chi connectivity index (χ0) is 26.4. The topological polar surface area (TPSA) is 103 Å². The van der Waals surface area contributed by atoms with E-state index in [2.05, 4.69) is 33.1 Å². The Morgan fingerprint density at radius 2 is 1.78 bits per heavy atom. The molecule has 2 heterocycles. The zero-order valence-corrected chi connectivity index (χ0v) is 22.3. The van der Waals surface area contributed by atoms with Gasteiger partial charge in [-0.05, 0) is 50.2 Å². The number of halogens is 1. The molecule has 2 aliphatic rings. The third-order valence-electron chi connectivity index (χ3n) is 7.30. The van der Waals surface area contributed by atoms with Crippen molar-refractivity contribution in [1.29, 1.82) is 10.7 Å². The van der Waals surface area contributed by atoms with Crippen LogP contribution in [0.5, 0.6) is 0 Å². The van der Waals surface area contributed by atoms with Gasteiger partial charge >= 0.3 is 0 Å². The number of carbonyl (C=O) groups is 1. The van der Waals surface area contributed by atoms with Crippen molar-refractivity contribution in [3.8, 4) is 6.07 Å². The molecule has 0 aromatic heterocycles. The van der Waals surface area contributed by atoms with E-state index in [1.165, 1.54) is 0 Å². The minimum atomic E-state index is -0.387. The van der Waals surface area contributed by atoms with Crippen molar-refractivity contribution in [3.63, 3.8) is 0 Å². The van der Waals surface area contributed by atoms with Gasteiger partial charge in [-0.2, -0.15) is 5.26 Å². The Bertz CT molecular complexity index is 1190. The number of rotatable bonds is 7. The minimum Gasteiger partial charge on any atom is -0.370 e. The number of amides is 1. The number of piperidine rings is 1. The summed E-state index contributed by atoms with van der Waals surface area (Å²) in [5.74, 6) is -0.387. The number of likely N-dealkylation sites (N-methyl/N-ethyl adjacent to an activating group) is 1. The quantitative estimate of drug-likeness (QED) is 0.295. The first-order chi connectivity index (χ1) is 17.9. The lowest BCUT2D eigenvalue weighted by molar-refractivity contribution is -0.517. The number of nitrogens with one attached hydrogen (secondary N) is 2. The number of carbonyl (C=O) groups excluding carboxylic acids is 1. The molecule has 2 fully saturated rings. The Hall–Kier alpha value is -3.22. The van der Waals surface area contributed by atoms with Crippen LogP contribution in [-0.4, -0.2) is 74.3 Å². The lowest BCUT2D eigenvalue weighted by atomic mass is 10.0. The molecule has 9 heteroatoms. The SMILES string of the molecule is C/C([NH2+]c1ccc(Cl)cc1)=C(/C=N)C(=O)Nc1ccc(N2CCC(N3CCN(C)CC3)CC2)c(C#N)c1. The summed E-state index contributed by atoms with van der Waals surface area (Å²) < 4.78 is 0. The van der Waals surface area contributed by atoms with Crippen molar-refractivity contribution in [1.82, 2.24) is 9.80 Å². The lowest BCUT2D eigenvalue weighted by Crippen LogP contribution is -2.75. The average Bonchev–Trinajstić information content (AvgIpc) is 2.91. The summed E-state index contributed by atoms with van der Waals surface area (Å²) >= 11 is 5.95. The largest absolute Gasteiger partial charge is 0.370 e. The van der Waals surface area contributed by atoms with E-state index in [0.717, 1.165) is 69.7 Å². The van der Waals surface area contributed by atoms with Crippen LogP contribution in [-0.2, 0) is 4.79 Å². The smallest absolute Gasteiger partial charge is 0.262 e. The number of nitrogens with zero attached hydrogens (tertiary/aromatic N) is 4. The van der Waals surface area contributed by atoms with Crippen LogP contribution in [0.15, 0.2) is 53.7 Å². The van der Waals surface area contributed by atoms with Crippen LogP contribution in [0.2, 0.25) is 5.02 Å². The van der Waals surface area contributed by atoms with E-state index in [-0.39, 0.29) is 11.5 Å². The number of piperazine rings is 1. The van der Waals surface area contributed by atoms with Gasteiger partial charge in [-0.3, -0.25) is 15.0 Å². The van der Waals surface area contributed by atoms with Gasteiger partial charge in [-0.15, -0.1) is 0 Å². The second kappa shape index (κ2) is 12.3. The fourth-order valence-corrected chi connectivity index (χ4v) is 5.21. The predicted molar refractivity (Wildman–Crippen MR) is 149 cm³/mol. The fourth-order valence-electron chi connectivity index (χ4n) is 5.08. The van der Waals surface area contributed by atoms with Gasteiger partial charge in [-0.1, -0.05) is 11.6 Å². The zero-order valence-electron chi connectivity index (χ0n) is 21.5. The standard InChI is InChI=1S/C28H34ClN7O/c1-20(32-23-5-3-22(29)4-6-23)26(19-31)28(37)33-24-7-8-27(21(17-24)18-30)36-11-9-25(10-12-36)35-15-13-34(2)14-16-35/h3-8,17,19,25,31-32H,9-16H2,1-2H3,(H,33,37)/p+1/b26-20+,31-19?. The maximum Gasteiger partial charge on any atom is 0.262 e. The van der Waals surface area contributed by atoms with Crippen molar-refractivity contribution in [2.75, 3.05) is 56.5 Å². The van der Waals surface area contributed by atoms with Gasteiger partial charge in [0.25, 0.3) is 5.91 Å². The predicted octanol–water partition coefficient (Wildman–Crippen LogP) is 3.19. The Kier molecular flexibility index (Phi) is 8.95. The van der Waals surface area contributed by atoms with Crippen molar-refractivity contribution in [2.45, 2.75) is 25.8 Å². The number of allylic oxidation sites excluding steroid dienone is 1. The molecule has 194 valence electrons. The summed E-state index contributed by atoms with van der Waals surface area (Å²) in [5, 5.41) is 23.0. The molecule has 0 radical (unpaired) electrons. The number of nitriles is 1. The third kappa shape index (κ3) is 6.76. The van der Waals surface area contributed by atoms with Crippen LogP contribution in [0.25, 0.3) is 0 Å². The van der Waals surface area contributed by atoms with E-state index < -0.39 is 0 Å². The summed E-state index contributed by atoms with van der Waals surface area (Å²) in [5.41, 5.74) is 3.80. The molecule has 2 aliphatic heterocycles. The number of anilines is 2. The molecule has 0 unspecified atom stereocenters. The molecule has 2 aromatic carbocycles. The number of hydrogen-bond donors (Lipinski definition) is 3. The molecular weight excluding hydrogens is 486 g/mol. The van der Waals surface area contributed by atoms with Crippen LogP contribution in [0.3, 0.4) is 0 Å². The number of hydrogen-bond acceptors (Lipinski definition) is 6. The molecule has 2 aromatic rings. The van der Waals surface area contributed by atoms with E-state index >= 15 is 0 Å². The van der Waals surface area contributed by atoms with E-state index in [0.29, 0.717) is 28.0 Å². The Labute approximate surface area is 224 Å². The van der Waals surface area contributed by atoms with E-state index in [4.69, 9.17) is 17.0 Å². The monoisotopic (exact) mass is 520 g/mol. The van der Waals surface area contributed by atoms with Gasteiger partial charge in [0.2, 0.25) is 0 Å². The summed E-state index contributed by atoms with van der Waals surface area (Å²) in [4.78, 5) is 20.2. The molecule has 2 saturated heterocycles. The molecule has 0 atom stereocenters. The summed E-state index contributed by atoms with van der Waals surface area (Å²) in [6.45, 7) is 8.13. The third-order valence-corrected chi connectivity index (χ3v) is 7.55. The first-order valence-electron chi connectivity index (χ1n) is 12.7. The first-order valence-corrected chi connectivity index (χ1v) is 13.1. The molecule has 1 amide bonds. The molecule has 0 bridgehead atoms. The van der Waals surface area contributed by atoms with E-state index in [1.54, 1.807) is 25.1 Å². The highest BCUT2D eigenvalue weighted by Gasteiger charge is 2.27. The fraction of sp³-hybridized carbons (Fsp3) is 0.393. The number of quaternary nitrogens is 1. The number of benzene rings is 2. The van der Waals surface area contributed by atoms with E-state index in [1.807, 2.05) is 29.6 Å². The summed E-state index contributed by atoms with van der Waals surface area (Å²) in [6.07, 6.45) is 3.23. The second-order valence-electron chi connectivity index (χ2n) is 9.79. The van der Waals surface area contributed by atoms with Gasteiger partial charge in [-0.25, -0.2) is 0 Å². The summed E-state index contributed by atoms with van der Waals surface area (Å²) in [6, 6.07) is 15.7. The van der Waals surface area contributed by atoms with Crippen molar-refractivity contribution >= 4 is 40.8 Å². The summed E-state index contributed by atoms with van der Waals surface area (Å²) in [7, 11) is 2.18. The Morgan fingerprint density at radius 3 is 2.41 bits per heavy atom. The van der Waals surface area contributed by atoms with Crippen LogP contribution < -0.4 is 15.5 Å². The molecule has 8 nitrogen and oxygen atoms in total. The van der Waals surface area contributed by atoms with Gasteiger partial charge in [0.1, 0.15) is 23.0 Å². The maximum atomic E-state index is 13.0. The van der Waals surface area contributed by atoms with Crippen molar-refractivity contribution in [2.24, 2.45) is 0 Å². The lowest BCUT2D eigenvalue weighted by Gasteiger charge is -2.42. The van der Waals surface area contributed by atoms with Gasteiger partial charge in [0.05, 0.1) is 11.3 Å². The molecule has 4 rings (SSSR count). The highest BCUT2D eigenvalue weighted by Crippen LogP contribution is 2.28. The van der Waals surface area contributed by atoms with Gasteiger partial charge < -0.3 is 20.5 Å². The van der Waals surface area contributed by atoms with Crippen LogP contribution >= 0.6 is 11.6 Å². The highest BCUT2D eigenvalue weighted by molar-refractivity contribution is 6.30. The average molecular weight is 521 g/mol. The van der Waals surface area contributed by atoms with E-state index in [9.17, 15) is 10.1 Å². The molecule has 0 aliphatic carbocycles. The Balaban J connectivity index is 1.40. The molecule has 4 N–H and O–H groups in total. The number of nitrogens with two attached hydrogens (primary N) is 1. The van der Waals surface area contributed by atoms with Crippen LogP contribution in [0.4, 0.5) is 17.1 Å². The maximum absolute atomic E-state index is 13.0. The minimum absolute atomic E-state index is 0.253. The van der Waals surface area contributed by atoms with Crippen molar-refractivity contribution < 1.29 is 10.1 Å². The molecular formula is C28H35ClN7O+. The van der Waals surface area contributed by atoms with Gasteiger partial charge in [0.15, 0.2) is 0 Å². The first kappa shape index (κ1) is 26.8. The van der Waals surface area contributed by atoms with Crippen molar-refractivity contribution in [3.05, 3.63) is 64.3 Å². The highest BCUT2D eigenvalue weighted by atomic mass is 35.5. The van der Waals surface area contributed by atoms with Gasteiger partial charge in [0, 0.05) is 81.3 Å². The van der Waals surface area contributed by atoms with Crippen LogP contribution in [0, 0.1) is 16.7 Å². The molecule has 0 saturated carbocycles. The second-order valence-corrected chi connectivity index (χ2v) is 10.2. The Morgan fingerprint density at radius 1 is 1.11 bits per heavy atom. The normalized spacial score (nSPS) is 18.2. The molecule has 37 heavy (non-hydrogen) atoms.